The van der Waals surface area contributed by atoms with E-state index in [0.717, 1.165) is 47.6 Å². The number of nitrogens with zero attached hydrogens (tertiary/aromatic N) is 1. The van der Waals surface area contributed by atoms with Gasteiger partial charge in [-0.15, -0.1) is 11.3 Å². The molecule has 136 valence electrons. The molecule has 2 aliphatic heterocycles. The highest BCUT2D eigenvalue weighted by atomic mass is 32.1. The van der Waals surface area contributed by atoms with Gasteiger partial charge in [0.05, 0.1) is 0 Å². The zero-order valence-corrected chi connectivity index (χ0v) is 15.5. The van der Waals surface area contributed by atoms with Crippen molar-refractivity contribution in [2.75, 3.05) is 13.2 Å². The van der Waals surface area contributed by atoms with Crippen LogP contribution in [0.2, 0.25) is 0 Å². The third-order valence-corrected chi connectivity index (χ3v) is 6.17. The number of amides is 1. The van der Waals surface area contributed by atoms with Crippen LogP contribution in [0.3, 0.4) is 0 Å². The Kier molecular flexibility index (Phi) is 4.68. The van der Waals surface area contributed by atoms with Crippen LogP contribution >= 0.6 is 11.3 Å². The maximum absolute atomic E-state index is 12.4. The molecule has 0 N–H and O–H groups in total. The van der Waals surface area contributed by atoms with E-state index >= 15 is 0 Å². The summed E-state index contributed by atoms with van der Waals surface area (Å²) in [4.78, 5) is 28.1. The fraction of sp³-hybridized carbons (Fsp3) is 0.400. The largest absolute Gasteiger partial charge is 0.488 e. The van der Waals surface area contributed by atoms with Gasteiger partial charge in [0.1, 0.15) is 17.2 Å². The minimum Gasteiger partial charge on any atom is -0.488 e. The van der Waals surface area contributed by atoms with Gasteiger partial charge in [0, 0.05) is 28.6 Å². The van der Waals surface area contributed by atoms with Gasteiger partial charge < -0.3 is 14.4 Å². The Balaban J connectivity index is 1.44. The van der Waals surface area contributed by atoms with Crippen molar-refractivity contribution in [3.63, 3.8) is 0 Å². The van der Waals surface area contributed by atoms with Crippen molar-refractivity contribution in [3.8, 4) is 16.2 Å². The van der Waals surface area contributed by atoms with Crippen molar-refractivity contribution >= 4 is 23.2 Å². The second-order valence-corrected chi connectivity index (χ2v) is 7.81. The monoisotopic (exact) mass is 371 g/mol. The number of para-hydroxylation sites is 1. The van der Waals surface area contributed by atoms with Crippen LogP contribution in [0.5, 0.6) is 5.75 Å². The Morgan fingerprint density at radius 1 is 1.31 bits per heavy atom. The summed E-state index contributed by atoms with van der Waals surface area (Å²) in [6.07, 6.45) is 3.17. The van der Waals surface area contributed by atoms with Crippen molar-refractivity contribution in [1.82, 2.24) is 4.90 Å². The number of thiophene rings is 1. The Hall–Kier alpha value is -2.34. The summed E-state index contributed by atoms with van der Waals surface area (Å²) in [5.41, 5.74) is 1.98. The molecule has 0 spiro atoms. The lowest BCUT2D eigenvalue weighted by molar-refractivity contribution is -0.137. The molecule has 2 aliphatic rings. The molecule has 4 rings (SSSR count). The van der Waals surface area contributed by atoms with Gasteiger partial charge in [0.15, 0.2) is 6.61 Å². The number of carbonyl (C=O) groups is 2. The molecular formula is C20H21NO4S. The summed E-state index contributed by atoms with van der Waals surface area (Å²) < 4.78 is 11.0. The van der Waals surface area contributed by atoms with E-state index in [1.165, 1.54) is 11.3 Å². The summed E-state index contributed by atoms with van der Waals surface area (Å²) in [6.45, 7) is 3.04. The number of ether oxygens (including phenoxy) is 2. The molecule has 0 radical (unpaired) electrons. The van der Waals surface area contributed by atoms with E-state index in [0.29, 0.717) is 11.5 Å². The molecule has 1 saturated heterocycles. The van der Waals surface area contributed by atoms with E-state index in [9.17, 15) is 9.59 Å². The zero-order valence-electron chi connectivity index (χ0n) is 14.7. The average Bonchev–Trinajstić information content (AvgIpc) is 3.11. The molecule has 2 aromatic rings. The van der Waals surface area contributed by atoms with Crippen molar-refractivity contribution < 1.29 is 19.1 Å². The van der Waals surface area contributed by atoms with Gasteiger partial charge in [-0.2, -0.15) is 0 Å². The van der Waals surface area contributed by atoms with Crippen LogP contribution in [-0.2, 0) is 16.1 Å². The third kappa shape index (κ3) is 3.21. The Morgan fingerprint density at radius 3 is 3.00 bits per heavy atom. The number of hydrogen-bond donors (Lipinski definition) is 0. The summed E-state index contributed by atoms with van der Waals surface area (Å²) in [5, 5.41) is 0. The molecule has 0 aliphatic carbocycles. The van der Waals surface area contributed by atoms with Crippen LogP contribution in [-0.4, -0.2) is 36.0 Å². The minimum atomic E-state index is -0.445. The summed E-state index contributed by atoms with van der Waals surface area (Å²) >= 11 is 1.39. The number of hydrogen-bond acceptors (Lipinski definition) is 5. The highest BCUT2D eigenvalue weighted by molar-refractivity contribution is 7.17. The molecule has 5 nitrogen and oxygen atoms in total. The lowest BCUT2D eigenvalue weighted by Gasteiger charge is -2.33. The number of rotatable bonds is 3. The number of benzene rings is 1. The standard InChI is InChI=1S/C20H21NO4S/c1-13-6-4-5-9-21(13)18(22)12-25-20(23)17-10-14-11-24-16-8-3-2-7-15(16)19(14)26-17/h2-3,7-8,10,13H,4-6,9,11-12H2,1H3. The maximum Gasteiger partial charge on any atom is 0.348 e. The molecule has 6 heteroatoms. The number of carbonyl (C=O) groups excluding carboxylic acids is 2. The van der Waals surface area contributed by atoms with Crippen LogP contribution in [0.4, 0.5) is 0 Å². The molecule has 26 heavy (non-hydrogen) atoms. The van der Waals surface area contributed by atoms with Gasteiger partial charge in [-0.3, -0.25) is 4.79 Å². The fourth-order valence-electron chi connectivity index (χ4n) is 3.55. The van der Waals surface area contributed by atoms with Gasteiger partial charge in [0.2, 0.25) is 0 Å². The molecule has 3 heterocycles. The fourth-order valence-corrected chi connectivity index (χ4v) is 4.64. The number of esters is 1. The first kappa shape index (κ1) is 17.1. The number of fused-ring (bicyclic) bond motifs is 3. The van der Waals surface area contributed by atoms with E-state index in [2.05, 4.69) is 0 Å². The van der Waals surface area contributed by atoms with Crippen LogP contribution in [0.25, 0.3) is 10.4 Å². The van der Waals surface area contributed by atoms with Crippen molar-refractivity contribution in [2.45, 2.75) is 38.8 Å². The quantitative estimate of drug-likeness (QED) is 0.769. The van der Waals surface area contributed by atoms with Gasteiger partial charge in [-0.25, -0.2) is 4.79 Å². The predicted octanol–water partition coefficient (Wildman–Crippen LogP) is 3.87. The summed E-state index contributed by atoms with van der Waals surface area (Å²) in [6, 6.07) is 9.83. The Labute approximate surface area is 156 Å². The molecule has 0 bridgehead atoms. The minimum absolute atomic E-state index is 0.111. The van der Waals surface area contributed by atoms with Crippen molar-refractivity contribution in [3.05, 3.63) is 40.8 Å². The number of likely N-dealkylation sites (tertiary alicyclic amines) is 1. The lowest BCUT2D eigenvalue weighted by Crippen LogP contribution is -2.44. The van der Waals surface area contributed by atoms with Crippen LogP contribution in [0, 0.1) is 0 Å². The molecule has 1 amide bonds. The first-order valence-corrected chi connectivity index (χ1v) is 9.76. The second-order valence-electron chi connectivity index (χ2n) is 6.76. The Bertz CT molecular complexity index is 844. The lowest BCUT2D eigenvalue weighted by atomic mass is 10.0. The first-order valence-electron chi connectivity index (χ1n) is 8.95. The normalized spacial score (nSPS) is 18.5. The van der Waals surface area contributed by atoms with E-state index < -0.39 is 5.97 Å². The molecule has 1 atom stereocenters. The summed E-state index contributed by atoms with van der Waals surface area (Å²) in [5.74, 6) is 0.275. The van der Waals surface area contributed by atoms with Crippen molar-refractivity contribution in [2.24, 2.45) is 0 Å². The smallest absolute Gasteiger partial charge is 0.348 e. The molecule has 0 saturated carbocycles. The van der Waals surface area contributed by atoms with Crippen molar-refractivity contribution in [1.29, 1.82) is 0 Å². The topological polar surface area (TPSA) is 55.8 Å². The molecule has 1 aromatic carbocycles. The van der Waals surface area contributed by atoms with Gasteiger partial charge in [-0.1, -0.05) is 12.1 Å². The van der Waals surface area contributed by atoms with E-state index in [1.807, 2.05) is 42.2 Å². The van der Waals surface area contributed by atoms with E-state index in [1.54, 1.807) is 0 Å². The molecule has 1 aromatic heterocycles. The first-order chi connectivity index (χ1) is 12.6. The van der Waals surface area contributed by atoms with Crippen LogP contribution in [0.15, 0.2) is 30.3 Å². The van der Waals surface area contributed by atoms with Gasteiger partial charge >= 0.3 is 5.97 Å². The molecule has 1 unspecified atom stereocenters. The number of piperidine rings is 1. The van der Waals surface area contributed by atoms with Crippen LogP contribution < -0.4 is 4.74 Å². The van der Waals surface area contributed by atoms with Gasteiger partial charge in [-0.05, 0) is 44.4 Å². The molecule has 1 fully saturated rings. The van der Waals surface area contributed by atoms with Gasteiger partial charge in [0.25, 0.3) is 5.91 Å². The van der Waals surface area contributed by atoms with Crippen LogP contribution in [0.1, 0.15) is 41.4 Å². The summed E-state index contributed by atoms with van der Waals surface area (Å²) in [7, 11) is 0. The average molecular weight is 371 g/mol. The van der Waals surface area contributed by atoms with E-state index in [-0.39, 0.29) is 18.6 Å². The molecular weight excluding hydrogens is 350 g/mol. The predicted molar refractivity (Wildman–Crippen MR) is 99.4 cm³/mol. The SMILES string of the molecule is CC1CCCCN1C(=O)COC(=O)c1cc2c(s1)-c1ccccc1OC2. The zero-order chi connectivity index (χ0) is 18.1. The third-order valence-electron chi connectivity index (χ3n) is 4.98. The maximum atomic E-state index is 12.4. The second kappa shape index (κ2) is 7.11. The van der Waals surface area contributed by atoms with E-state index in [4.69, 9.17) is 9.47 Å². The highest BCUT2D eigenvalue weighted by Crippen LogP contribution is 2.42. The Morgan fingerprint density at radius 2 is 2.15 bits per heavy atom. The highest BCUT2D eigenvalue weighted by Gasteiger charge is 2.26.